The molecule has 2 aromatic carbocycles. The molecule has 1 atom stereocenters. The number of fused-ring (bicyclic) bond motifs is 1. The number of carbonyl (C=O) groups is 2. The number of hydrogen-bond donors (Lipinski definition) is 1. The molecule has 1 unspecified atom stereocenters. The molecular weight excluding hydrogens is 452 g/mol. The van der Waals surface area contributed by atoms with E-state index in [1.54, 1.807) is 44.4 Å². The zero-order chi connectivity index (χ0) is 24.1. The van der Waals surface area contributed by atoms with Crippen molar-refractivity contribution in [3.8, 4) is 5.75 Å². The number of benzene rings is 2. The molecule has 34 heavy (non-hydrogen) atoms. The normalized spacial score (nSPS) is 17.6. The highest BCUT2D eigenvalue weighted by Gasteiger charge is 2.49. The number of carbonyl (C=O) groups excluding carboxylic acids is 2. The number of rotatable bonds is 4. The maximum absolute atomic E-state index is 13.3. The van der Waals surface area contributed by atoms with Gasteiger partial charge in [0.2, 0.25) is 0 Å². The number of Topliss-reactive ketones (excluding diaryl/α,β-unsaturated/α-hetero) is 1. The standard InChI is InChI=1S/C26H22N2O5S/c1-13-5-6-14(2)17(11-13)23(29)21-22(19-10-7-15(3)33-19)28(25(31)24(21)30)26-27-18-9-8-16(32-4)12-20(18)34-26/h5-12,22,29H,1-4H3/b23-21+. The second kappa shape index (κ2) is 8.14. The van der Waals surface area contributed by atoms with Crippen LogP contribution in [0.3, 0.4) is 0 Å². The first-order valence-electron chi connectivity index (χ1n) is 10.7. The summed E-state index contributed by atoms with van der Waals surface area (Å²) in [4.78, 5) is 32.6. The summed E-state index contributed by atoms with van der Waals surface area (Å²) >= 11 is 1.27. The molecular formula is C26H22N2O5S. The van der Waals surface area contributed by atoms with E-state index in [-0.39, 0.29) is 11.3 Å². The number of nitrogens with zero attached hydrogens (tertiary/aromatic N) is 2. The molecule has 1 aliphatic heterocycles. The van der Waals surface area contributed by atoms with Gasteiger partial charge in [0.25, 0.3) is 5.78 Å². The number of methoxy groups -OCH3 is 1. The van der Waals surface area contributed by atoms with Crippen molar-refractivity contribution >= 4 is 44.1 Å². The first kappa shape index (κ1) is 21.9. The molecule has 3 heterocycles. The minimum absolute atomic E-state index is 0.0233. The molecule has 172 valence electrons. The third kappa shape index (κ3) is 3.47. The Balaban J connectivity index is 1.73. The van der Waals surface area contributed by atoms with E-state index in [1.807, 2.05) is 32.0 Å². The second-order valence-corrected chi connectivity index (χ2v) is 9.28. The molecule has 4 aromatic rings. The van der Waals surface area contributed by atoms with Crippen LogP contribution in [0.4, 0.5) is 5.13 Å². The molecule has 0 bridgehead atoms. The number of aromatic nitrogens is 1. The lowest BCUT2D eigenvalue weighted by Gasteiger charge is -2.21. The van der Waals surface area contributed by atoms with Crippen molar-refractivity contribution in [1.29, 1.82) is 0 Å². The Morgan fingerprint density at radius 1 is 1.09 bits per heavy atom. The summed E-state index contributed by atoms with van der Waals surface area (Å²) in [7, 11) is 1.58. The first-order chi connectivity index (χ1) is 16.3. The highest BCUT2D eigenvalue weighted by Crippen LogP contribution is 2.45. The lowest BCUT2D eigenvalue weighted by molar-refractivity contribution is -0.132. The van der Waals surface area contributed by atoms with Crippen molar-refractivity contribution in [2.75, 3.05) is 12.0 Å². The number of aliphatic hydroxyl groups excluding tert-OH is 1. The zero-order valence-electron chi connectivity index (χ0n) is 19.1. The van der Waals surface area contributed by atoms with Crippen LogP contribution >= 0.6 is 11.3 Å². The Morgan fingerprint density at radius 2 is 1.88 bits per heavy atom. The smallest absolute Gasteiger partial charge is 0.302 e. The van der Waals surface area contributed by atoms with E-state index in [9.17, 15) is 14.7 Å². The minimum Gasteiger partial charge on any atom is -0.507 e. The molecule has 1 amide bonds. The Hall–Kier alpha value is -3.91. The summed E-state index contributed by atoms with van der Waals surface area (Å²) in [5.74, 6) is -0.116. The SMILES string of the molecule is COc1ccc2nc(N3C(=O)C(=O)/C(=C(/O)c4cc(C)ccc4C)C3c3ccc(C)o3)sc2c1. The molecule has 1 saturated heterocycles. The van der Waals surface area contributed by atoms with E-state index in [1.165, 1.54) is 16.2 Å². The van der Waals surface area contributed by atoms with E-state index < -0.39 is 17.7 Å². The van der Waals surface area contributed by atoms with Crippen LogP contribution in [0.15, 0.2) is 58.5 Å². The van der Waals surface area contributed by atoms with Crippen LogP contribution in [0.25, 0.3) is 16.0 Å². The lowest BCUT2D eigenvalue weighted by atomic mass is 9.96. The fourth-order valence-electron chi connectivity index (χ4n) is 4.16. The summed E-state index contributed by atoms with van der Waals surface area (Å²) in [5.41, 5.74) is 2.86. The van der Waals surface area contributed by atoms with E-state index in [4.69, 9.17) is 9.15 Å². The van der Waals surface area contributed by atoms with Gasteiger partial charge in [0.05, 0.1) is 22.9 Å². The number of amides is 1. The predicted octanol–water partition coefficient (Wildman–Crippen LogP) is 5.45. The molecule has 0 saturated carbocycles. The van der Waals surface area contributed by atoms with Gasteiger partial charge in [-0.3, -0.25) is 14.5 Å². The average molecular weight is 475 g/mol. The van der Waals surface area contributed by atoms with Gasteiger partial charge in [-0.15, -0.1) is 0 Å². The monoisotopic (exact) mass is 474 g/mol. The average Bonchev–Trinajstić information content (AvgIpc) is 3.50. The Kier molecular flexibility index (Phi) is 5.25. The van der Waals surface area contributed by atoms with Crippen LogP contribution in [0.1, 0.15) is 34.3 Å². The molecule has 0 radical (unpaired) electrons. The largest absolute Gasteiger partial charge is 0.507 e. The Bertz CT molecular complexity index is 1500. The van der Waals surface area contributed by atoms with Crippen molar-refractivity contribution in [3.63, 3.8) is 0 Å². The Labute approximate surface area is 199 Å². The van der Waals surface area contributed by atoms with Gasteiger partial charge in [0, 0.05) is 5.56 Å². The number of furan rings is 1. The molecule has 1 fully saturated rings. The van der Waals surface area contributed by atoms with Gasteiger partial charge in [-0.2, -0.15) is 0 Å². The molecule has 1 aliphatic rings. The van der Waals surface area contributed by atoms with Gasteiger partial charge in [0.15, 0.2) is 5.13 Å². The molecule has 0 aliphatic carbocycles. The quantitative estimate of drug-likeness (QED) is 0.240. The topological polar surface area (TPSA) is 92.9 Å². The van der Waals surface area contributed by atoms with Crippen LogP contribution in [0, 0.1) is 20.8 Å². The molecule has 2 aromatic heterocycles. The van der Waals surface area contributed by atoms with Crippen LogP contribution in [0.5, 0.6) is 5.75 Å². The molecule has 7 nitrogen and oxygen atoms in total. The van der Waals surface area contributed by atoms with Gasteiger partial charge >= 0.3 is 5.91 Å². The highest BCUT2D eigenvalue weighted by atomic mass is 32.1. The fourth-order valence-corrected chi connectivity index (χ4v) is 5.18. The van der Waals surface area contributed by atoms with Crippen LogP contribution in [0.2, 0.25) is 0 Å². The van der Waals surface area contributed by atoms with E-state index in [0.29, 0.717) is 33.5 Å². The third-order valence-electron chi connectivity index (χ3n) is 5.91. The van der Waals surface area contributed by atoms with Gasteiger partial charge in [-0.1, -0.05) is 29.0 Å². The number of thiazole rings is 1. The lowest BCUT2D eigenvalue weighted by Crippen LogP contribution is -2.29. The van der Waals surface area contributed by atoms with Gasteiger partial charge in [-0.05, 0) is 62.7 Å². The number of aryl methyl sites for hydroxylation is 3. The van der Waals surface area contributed by atoms with Gasteiger partial charge in [-0.25, -0.2) is 4.98 Å². The maximum Gasteiger partial charge on any atom is 0.302 e. The molecule has 8 heteroatoms. The van der Waals surface area contributed by atoms with Gasteiger partial charge < -0.3 is 14.3 Å². The van der Waals surface area contributed by atoms with Gasteiger partial charge in [0.1, 0.15) is 29.1 Å². The van der Waals surface area contributed by atoms with E-state index >= 15 is 0 Å². The number of hydrogen-bond acceptors (Lipinski definition) is 7. The zero-order valence-corrected chi connectivity index (χ0v) is 19.9. The third-order valence-corrected chi connectivity index (χ3v) is 6.93. The molecule has 5 rings (SSSR count). The summed E-state index contributed by atoms with van der Waals surface area (Å²) in [6.07, 6.45) is 0. The molecule has 1 N–H and O–H groups in total. The predicted molar refractivity (Wildman–Crippen MR) is 130 cm³/mol. The summed E-state index contributed by atoms with van der Waals surface area (Å²) in [6.45, 7) is 5.53. The van der Waals surface area contributed by atoms with E-state index in [0.717, 1.165) is 15.8 Å². The number of aliphatic hydroxyl groups is 1. The number of ketones is 1. The van der Waals surface area contributed by atoms with Crippen LogP contribution in [-0.2, 0) is 9.59 Å². The minimum atomic E-state index is -0.948. The number of ether oxygens (including phenoxy) is 1. The van der Waals surface area contributed by atoms with Crippen LogP contribution < -0.4 is 9.64 Å². The second-order valence-electron chi connectivity index (χ2n) is 8.27. The Morgan fingerprint density at radius 3 is 2.59 bits per heavy atom. The summed E-state index contributed by atoms with van der Waals surface area (Å²) in [6, 6.07) is 13.5. The van der Waals surface area contributed by atoms with Crippen LogP contribution in [-0.4, -0.2) is 28.9 Å². The molecule has 0 spiro atoms. The van der Waals surface area contributed by atoms with Crippen molar-refractivity contribution in [2.24, 2.45) is 0 Å². The number of anilines is 1. The van der Waals surface area contributed by atoms with Crippen molar-refractivity contribution in [2.45, 2.75) is 26.8 Å². The fraction of sp³-hybridized carbons (Fsp3) is 0.192. The first-order valence-corrected chi connectivity index (χ1v) is 11.5. The van der Waals surface area contributed by atoms with E-state index in [2.05, 4.69) is 4.98 Å². The summed E-state index contributed by atoms with van der Waals surface area (Å²) < 4.78 is 12.0. The van der Waals surface area contributed by atoms with Crippen molar-refractivity contribution in [1.82, 2.24) is 4.98 Å². The van der Waals surface area contributed by atoms with Crippen molar-refractivity contribution < 1.29 is 23.8 Å². The summed E-state index contributed by atoms with van der Waals surface area (Å²) in [5, 5.41) is 11.7. The highest BCUT2D eigenvalue weighted by molar-refractivity contribution is 7.22. The maximum atomic E-state index is 13.3. The van der Waals surface area contributed by atoms with Crippen molar-refractivity contribution in [3.05, 3.63) is 82.3 Å².